The molecule has 166 valence electrons. The monoisotopic (exact) mass is 434 g/mol. The van der Waals surface area contributed by atoms with Crippen LogP contribution in [0.1, 0.15) is 43.2 Å². The molecule has 6 rings (SSSR count). The minimum absolute atomic E-state index is 0.0648. The molecular formula is C25H26N2O5. The number of ether oxygens (including phenoxy) is 1. The summed E-state index contributed by atoms with van der Waals surface area (Å²) in [5.41, 5.74) is 3.42. The van der Waals surface area contributed by atoms with Crippen molar-refractivity contribution in [2.24, 2.45) is 5.92 Å². The van der Waals surface area contributed by atoms with E-state index in [-0.39, 0.29) is 24.3 Å². The third-order valence-electron chi connectivity index (χ3n) is 7.22. The molecule has 2 aromatic rings. The van der Waals surface area contributed by atoms with Crippen LogP contribution in [0.25, 0.3) is 11.1 Å². The van der Waals surface area contributed by atoms with Gasteiger partial charge < -0.3 is 20.1 Å². The molecule has 2 saturated heterocycles. The highest BCUT2D eigenvalue weighted by Crippen LogP contribution is 2.51. The minimum Gasteiger partial charge on any atom is -0.479 e. The SMILES string of the molecule is CC[C@@H](NC(=O)OCC1c2ccccc2-c2ccccc21)C(=O)N1CC2CC1(C(=O)O)C2. The van der Waals surface area contributed by atoms with Crippen molar-refractivity contribution >= 4 is 18.0 Å². The number of amides is 2. The van der Waals surface area contributed by atoms with E-state index in [2.05, 4.69) is 17.4 Å². The minimum atomic E-state index is -1.10. The largest absolute Gasteiger partial charge is 0.479 e. The Morgan fingerprint density at radius 1 is 1.09 bits per heavy atom. The molecule has 1 atom stereocenters. The molecule has 7 nitrogen and oxygen atoms in total. The molecule has 4 aliphatic rings. The van der Waals surface area contributed by atoms with Crippen LogP contribution in [0.2, 0.25) is 0 Å². The van der Waals surface area contributed by atoms with Crippen LogP contribution in [0.4, 0.5) is 4.79 Å². The molecule has 3 fully saturated rings. The average Bonchev–Trinajstić information content (AvgIpc) is 3.44. The number of alkyl carbamates (subject to hydrolysis) is 1. The summed E-state index contributed by atoms with van der Waals surface area (Å²) in [7, 11) is 0. The van der Waals surface area contributed by atoms with Crippen LogP contribution < -0.4 is 5.32 Å². The first-order valence-electron chi connectivity index (χ1n) is 11.1. The first kappa shape index (κ1) is 20.5. The number of carboxylic acids is 1. The van der Waals surface area contributed by atoms with Crippen molar-refractivity contribution in [2.45, 2.75) is 43.7 Å². The fourth-order valence-corrected chi connectivity index (χ4v) is 5.58. The van der Waals surface area contributed by atoms with Crippen molar-refractivity contribution in [3.05, 3.63) is 59.7 Å². The van der Waals surface area contributed by atoms with E-state index in [1.165, 1.54) is 4.90 Å². The zero-order valence-electron chi connectivity index (χ0n) is 17.9. The van der Waals surface area contributed by atoms with Crippen LogP contribution in [-0.4, -0.2) is 52.7 Å². The molecule has 1 saturated carbocycles. The van der Waals surface area contributed by atoms with E-state index in [1.54, 1.807) is 6.92 Å². The van der Waals surface area contributed by atoms with Crippen molar-refractivity contribution in [3.63, 3.8) is 0 Å². The Bertz CT molecular complexity index is 1050. The van der Waals surface area contributed by atoms with E-state index in [4.69, 9.17) is 4.74 Å². The van der Waals surface area contributed by atoms with E-state index < -0.39 is 23.6 Å². The van der Waals surface area contributed by atoms with E-state index in [1.807, 2.05) is 36.4 Å². The number of benzene rings is 2. The predicted molar refractivity (Wildman–Crippen MR) is 117 cm³/mol. The number of nitrogens with zero attached hydrogens (tertiary/aromatic N) is 1. The van der Waals surface area contributed by atoms with Crippen molar-refractivity contribution < 1.29 is 24.2 Å². The number of fused-ring (bicyclic) bond motifs is 4. The second kappa shape index (κ2) is 7.65. The van der Waals surface area contributed by atoms with Crippen LogP contribution in [0, 0.1) is 5.92 Å². The molecule has 0 aromatic heterocycles. The van der Waals surface area contributed by atoms with Gasteiger partial charge in [-0.05, 0) is 47.4 Å². The van der Waals surface area contributed by atoms with Gasteiger partial charge in [0, 0.05) is 12.5 Å². The van der Waals surface area contributed by atoms with Gasteiger partial charge in [-0.3, -0.25) is 4.79 Å². The number of hydrogen-bond acceptors (Lipinski definition) is 4. The third-order valence-corrected chi connectivity index (χ3v) is 7.22. The third kappa shape index (κ3) is 3.06. The Labute approximate surface area is 186 Å². The summed E-state index contributed by atoms with van der Waals surface area (Å²) in [5, 5.41) is 12.3. The maximum Gasteiger partial charge on any atom is 0.407 e. The molecule has 2 bridgehead atoms. The number of carbonyl (C=O) groups excluding carboxylic acids is 2. The Morgan fingerprint density at radius 3 is 2.25 bits per heavy atom. The van der Waals surface area contributed by atoms with Gasteiger partial charge in [0.15, 0.2) is 0 Å². The fraction of sp³-hybridized carbons (Fsp3) is 0.400. The van der Waals surface area contributed by atoms with Gasteiger partial charge in [0.2, 0.25) is 5.91 Å². The van der Waals surface area contributed by atoms with Crippen LogP contribution in [0.15, 0.2) is 48.5 Å². The average molecular weight is 434 g/mol. The number of rotatable bonds is 6. The zero-order chi connectivity index (χ0) is 22.5. The van der Waals surface area contributed by atoms with Gasteiger partial charge in [-0.15, -0.1) is 0 Å². The maximum atomic E-state index is 13.0. The molecule has 0 radical (unpaired) electrons. The van der Waals surface area contributed by atoms with Gasteiger partial charge in [0.25, 0.3) is 0 Å². The number of nitrogens with one attached hydrogen (secondary N) is 1. The summed E-state index contributed by atoms with van der Waals surface area (Å²) in [6.07, 6.45) is 0.688. The van der Waals surface area contributed by atoms with E-state index >= 15 is 0 Å². The zero-order valence-corrected chi connectivity index (χ0v) is 17.9. The second-order valence-electron chi connectivity index (χ2n) is 8.99. The van der Waals surface area contributed by atoms with Crippen molar-refractivity contribution in [3.8, 4) is 11.1 Å². The smallest absolute Gasteiger partial charge is 0.407 e. The molecule has 0 unspecified atom stereocenters. The first-order valence-corrected chi connectivity index (χ1v) is 11.1. The van der Waals surface area contributed by atoms with Crippen LogP contribution in [-0.2, 0) is 14.3 Å². The molecule has 0 spiro atoms. The highest BCUT2D eigenvalue weighted by Gasteiger charge is 2.63. The van der Waals surface area contributed by atoms with Gasteiger partial charge in [0.1, 0.15) is 18.2 Å². The summed E-state index contributed by atoms with van der Waals surface area (Å²) in [5.74, 6) is -1.13. The molecule has 2 aromatic carbocycles. The van der Waals surface area contributed by atoms with Crippen LogP contribution >= 0.6 is 0 Å². The number of carbonyl (C=O) groups is 3. The molecule has 2 aliphatic heterocycles. The normalized spacial score (nSPS) is 23.7. The fourth-order valence-electron chi connectivity index (χ4n) is 5.58. The number of hydrogen-bond donors (Lipinski definition) is 2. The second-order valence-corrected chi connectivity index (χ2v) is 8.99. The molecule has 7 heteroatoms. The van der Waals surface area contributed by atoms with Crippen LogP contribution in [0.3, 0.4) is 0 Å². The van der Waals surface area contributed by atoms with Crippen molar-refractivity contribution in [1.82, 2.24) is 10.2 Å². The number of aliphatic carboxylic acids is 1. The predicted octanol–water partition coefficient (Wildman–Crippen LogP) is 3.38. The summed E-state index contributed by atoms with van der Waals surface area (Å²) in [6.45, 7) is 2.39. The lowest BCUT2D eigenvalue weighted by molar-refractivity contribution is -0.159. The van der Waals surface area contributed by atoms with E-state index in [0.717, 1.165) is 22.3 Å². The van der Waals surface area contributed by atoms with Gasteiger partial charge in [-0.1, -0.05) is 55.5 Å². The summed E-state index contributed by atoms with van der Waals surface area (Å²) in [6, 6.07) is 15.4. The molecule has 2 heterocycles. The van der Waals surface area contributed by atoms with Crippen molar-refractivity contribution in [2.75, 3.05) is 13.2 Å². The maximum absolute atomic E-state index is 13.0. The van der Waals surface area contributed by atoms with E-state index in [9.17, 15) is 19.5 Å². The summed E-state index contributed by atoms with van der Waals surface area (Å²) >= 11 is 0. The van der Waals surface area contributed by atoms with Gasteiger partial charge in [-0.2, -0.15) is 0 Å². The molecule has 2 aliphatic carbocycles. The van der Waals surface area contributed by atoms with Crippen LogP contribution in [0.5, 0.6) is 0 Å². The molecule has 32 heavy (non-hydrogen) atoms. The first-order chi connectivity index (χ1) is 15.4. The molecule has 2 N–H and O–H groups in total. The lowest BCUT2D eigenvalue weighted by Crippen LogP contribution is -2.58. The molecular weight excluding hydrogens is 408 g/mol. The van der Waals surface area contributed by atoms with Gasteiger partial charge in [-0.25, -0.2) is 9.59 Å². The van der Waals surface area contributed by atoms with Gasteiger partial charge >= 0.3 is 12.1 Å². The topological polar surface area (TPSA) is 95.9 Å². The van der Waals surface area contributed by atoms with E-state index in [0.29, 0.717) is 25.8 Å². The summed E-state index contributed by atoms with van der Waals surface area (Å²) in [4.78, 5) is 38.8. The highest BCUT2D eigenvalue weighted by molar-refractivity contribution is 5.93. The van der Waals surface area contributed by atoms with Gasteiger partial charge in [0.05, 0.1) is 0 Å². The molecule has 2 amide bonds. The lowest BCUT2D eigenvalue weighted by atomic mass is 9.73. The quantitative estimate of drug-likeness (QED) is 0.727. The number of carboxylic acid groups (broad SMARTS) is 1. The Morgan fingerprint density at radius 2 is 1.69 bits per heavy atom. The Hall–Kier alpha value is -3.35. The summed E-state index contributed by atoms with van der Waals surface area (Å²) < 4.78 is 5.56. The van der Waals surface area contributed by atoms with Crippen molar-refractivity contribution in [1.29, 1.82) is 0 Å². The standard InChI is InChI=1S/C25H26N2O5/c1-2-21(22(28)27-13-15-11-25(27,12-15)23(29)30)26-24(31)32-14-20-18-9-5-3-7-16(18)17-8-4-6-10-19(17)20/h3-10,15,20-21H,2,11-14H2,1H3,(H,26,31)(H,29,30)/t15?,21-,25?/m1/s1. The highest BCUT2D eigenvalue weighted by atomic mass is 16.5. The Balaban J connectivity index is 1.25. The lowest BCUT2D eigenvalue weighted by Gasteiger charge is -2.38. The Kier molecular flexibility index (Phi) is 4.92.